The highest BCUT2D eigenvalue weighted by Crippen LogP contribution is 2.34. The van der Waals surface area contributed by atoms with E-state index < -0.39 is 11.4 Å². The number of carboxylic acid groups (broad SMARTS) is 1. The van der Waals surface area contributed by atoms with E-state index >= 15 is 0 Å². The Morgan fingerprint density at radius 1 is 1.58 bits per heavy atom. The van der Waals surface area contributed by atoms with E-state index in [9.17, 15) is 14.7 Å². The third-order valence-corrected chi connectivity index (χ3v) is 3.85. The Hall–Kier alpha value is -1.77. The van der Waals surface area contributed by atoms with Crippen LogP contribution in [0.3, 0.4) is 0 Å². The van der Waals surface area contributed by atoms with Crippen LogP contribution in [0.25, 0.3) is 0 Å². The van der Waals surface area contributed by atoms with Gasteiger partial charge >= 0.3 is 12.0 Å². The lowest BCUT2D eigenvalue weighted by Crippen LogP contribution is -2.43. The number of amides is 2. The first kappa shape index (κ1) is 15.3. The van der Waals surface area contributed by atoms with E-state index in [0.717, 1.165) is 0 Å². The number of hydrogen-bond donors (Lipinski definition) is 1. The minimum Gasteiger partial charge on any atom is -0.481 e. The van der Waals surface area contributed by atoms with Crippen LogP contribution in [0.1, 0.15) is 26.7 Å². The third kappa shape index (κ3) is 3.16. The van der Waals surface area contributed by atoms with Crippen molar-refractivity contribution in [2.75, 3.05) is 26.7 Å². The molecule has 2 unspecified atom stereocenters. The van der Waals surface area contributed by atoms with Gasteiger partial charge in [-0.3, -0.25) is 4.79 Å². The fourth-order valence-corrected chi connectivity index (χ4v) is 2.42. The number of rotatable bonds is 4. The zero-order valence-electron chi connectivity index (χ0n) is 11.7. The molecule has 0 aliphatic carbocycles. The summed E-state index contributed by atoms with van der Waals surface area (Å²) in [7, 11) is 1.64. The molecule has 0 aromatic carbocycles. The lowest BCUT2D eigenvalue weighted by Gasteiger charge is -2.27. The zero-order valence-corrected chi connectivity index (χ0v) is 11.7. The molecule has 1 fully saturated rings. The van der Waals surface area contributed by atoms with Gasteiger partial charge in [-0.1, -0.05) is 6.92 Å². The van der Waals surface area contributed by atoms with Gasteiger partial charge in [0, 0.05) is 26.7 Å². The monoisotopic (exact) mass is 267 g/mol. The Bertz CT molecular complexity index is 404. The molecule has 1 saturated heterocycles. The molecule has 1 heterocycles. The summed E-state index contributed by atoms with van der Waals surface area (Å²) in [6.07, 6.45) is 1.01. The highest BCUT2D eigenvalue weighted by atomic mass is 16.4. The Morgan fingerprint density at radius 2 is 2.21 bits per heavy atom. The Balaban J connectivity index is 2.66. The van der Waals surface area contributed by atoms with Crippen LogP contribution in [-0.2, 0) is 4.79 Å². The Labute approximate surface area is 113 Å². The second-order valence-corrected chi connectivity index (χ2v) is 5.30. The molecule has 6 nitrogen and oxygen atoms in total. The van der Waals surface area contributed by atoms with E-state index in [1.54, 1.807) is 18.9 Å². The number of carbonyl (C=O) groups is 2. The Kier molecular flexibility index (Phi) is 4.76. The lowest BCUT2D eigenvalue weighted by molar-refractivity contribution is -0.148. The average molecular weight is 267 g/mol. The number of aliphatic carboxylic acids is 1. The van der Waals surface area contributed by atoms with Crippen LogP contribution in [0.5, 0.6) is 0 Å². The van der Waals surface area contributed by atoms with Crippen molar-refractivity contribution in [3.05, 3.63) is 0 Å². The highest BCUT2D eigenvalue weighted by molar-refractivity contribution is 5.79. The predicted molar refractivity (Wildman–Crippen MR) is 69.4 cm³/mol. The molecule has 0 aromatic heterocycles. The minimum absolute atomic E-state index is 0.196. The van der Waals surface area contributed by atoms with Gasteiger partial charge < -0.3 is 14.9 Å². The molecular weight excluding hydrogens is 246 g/mol. The summed E-state index contributed by atoms with van der Waals surface area (Å²) >= 11 is 0. The molecule has 1 aliphatic rings. The van der Waals surface area contributed by atoms with Gasteiger partial charge in [-0.2, -0.15) is 5.26 Å². The van der Waals surface area contributed by atoms with Gasteiger partial charge in [-0.05, 0) is 19.8 Å². The van der Waals surface area contributed by atoms with Crippen molar-refractivity contribution in [1.29, 1.82) is 5.26 Å². The summed E-state index contributed by atoms with van der Waals surface area (Å²) in [4.78, 5) is 26.6. The van der Waals surface area contributed by atoms with Crippen molar-refractivity contribution in [2.45, 2.75) is 26.7 Å². The van der Waals surface area contributed by atoms with Crippen molar-refractivity contribution in [3.63, 3.8) is 0 Å². The maximum atomic E-state index is 12.2. The summed E-state index contributed by atoms with van der Waals surface area (Å²) in [6.45, 7) is 4.66. The molecule has 2 amide bonds. The molecule has 106 valence electrons. The molecule has 0 aromatic rings. The summed E-state index contributed by atoms with van der Waals surface area (Å²) in [5.41, 5.74) is -0.808. The molecule has 0 radical (unpaired) electrons. The maximum Gasteiger partial charge on any atom is 0.319 e. The number of hydrogen-bond acceptors (Lipinski definition) is 3. The van der Waals surface area contributed by atoms with E-state index in [2.05, 4.69) is 6.07 Å². The smallest absolute Gasteiger partial charge is 0.319 e. The van der Waals surface area contributed by atoms with Crippen LogP contribution < -0.4 is 0 Å². The zero-order chi connectivity index (χ0) is 14.6. The van der Waals surface area contributed by atoms with Crippen LogP contribution in [-0.4, -0.2) is 53.6 Å². The van der Waals surface area contributed by atoms with E-state index in [1.807, 2.05) is 6.92 Å². The molecule has 0 saturated carbocycles. The van der Waals surface area contributed by atoms with Crippen molar-refractivity contribution in [1.82, 2.24) is 9.80 Å². The molecule has 1 N–H and O–H groups in total. The van der Waals surface area contributed by atoms with Crippen LogP contribution in [0.2, 0.25) is 0 Å². The summed E-state index contributed by atoms with van der Waals surface area (Å²) < 4.78 is 0. The molecule has 19 heavy (non-hydrogen) atoms. The topological polar surface area (TPSA) is 84.6 Å². The van der Waals surface area contributed by atoms with Crippen molar-refractivity contribution in [3.8, 4) is 6.07 Å². The van der Waals surface area contributed by atoms with E-state index in [-0.39, 0.29) is 18.5 Å². The van der Waals surface area contributed by atoms with Crippen LogP contribution in [0.4, 0.5) is 4.79 Å². The predicted octanol–water partition coefficient (Wildman–Crippen LogP) is 1.38. The summed E-state index contributed by atoms with van der Waals surface area (Å²) in [6, 6.07) is 1.88. The number of urea groups is 1. The van der Waals surface area contributed by atoms with Crippen LogP contribution in [0, 0.1) is 22.7 Å². The minimum atomic E-state index is -0.835. The van der Waals surface area contributed by atoms with Crippen molar-refractivity contribution >= 4 is 12.0 Å². The number of likely N-dealkylation sites (tertiary alicyclic amines) is 1. The molecule has 0 spiro atoms. The molecule has 2 atom stereocenters. The quantitative estimate of drug-likeness (QED) is 0.834. The van der Waals surface area contributed by atoms with Gasteiger partial charge in [0.2, 0.25) is 0 Å². The fourth-order valence-electron chi connectivity index (χ4n) is 2.42. The SMILES string of the molecule is CCC1(C(=O)O)CCN(C(=O)N(C)CC(C)C#N)C1. The highest BCUT2D eigenvalue weighted by Gasteiger charge is 2.45. The van der Waals surface area contributed by atoms with Crippen LogP contribution in [0.15, 0.2) is 0 Å². The van der Waals surface area contributed by atoms with Gasteiger partial charge in [0.05, 0.1) is 17.4 Å². The summed E-state index contributed by atoms with van der Waals surface area (Å²) in [5, 5.41) is 18.0. The second-order valence-electron chi connectivity index (χ2n) is 5.30. The lowest BCUT2D eigenvalue weighted by atomic mass is 9.84. The maximum absolute atomic E-state index is 12.2. The van der Waals surface area contributed by atoms with Gasteiger partial charge in [0.15, 0.2) is 0 Å². The first-order valence-electron chi connectivity index (χ1n) is 6.49. The number of nitriles is 1. The van der Waals surface area contributed by atoms with Crippen LogP contribution >= 0.6 is 0 Å². The molecule has 1 aliphatic heterocycles. The third-order valence-electron chi connectivity index (χ3n) is 3.85. The number of nitrogens with zero attached hydrogens (tertiary/aromatic N) is 3. The normalized spacial score (nSPS) is 23.8. The summed E-state index contributed by atoms with van der Waals surface area (Å²) in [5.74, 6) is -1.06. The second kappa shape index (κ2) is 5.91. The molecule has 6 heteroatoms. The van der Waals surface area contributed by atoms with E-state index in [4.69, 9.17) is 5.26 Å². The van der Waals surface area contributed by atoms with Crippen molar-refractivity contribution < 1.29 is 14.7 Å². The van der Waals surface area contributed by atoms with Crippen molar-refractivity contribution in [2.24, 2.45) is 11.3 Å². The standard InChI is InChI=1S/C13H21N3O3/c1-4-13(11(17)18)5-6-16(9-13)12(19)15(3)8-10(2)7-14/h10H,4-6,8-9H2,1-3H3,(H,17,18). The number of carboxylic acids is 1. The molecule has 0 bridgehead atoms. The van der Waals surface area contributed by atoms with Gasteiger partial charge in [0.25, 0.3) is 0 Å². The largest absolute Gasteiger partial charge is 0.481 e. The fraction of sp³-hybridized carbons (Fsp3) is 0.769. The van der Waals surface area contributed by atoms with Gasteiger partial charge in [-0.25, -0.2) is 4.79 Å². The molecule has 1 rings (SSSR count). The van der Waals surface area contributed by atoms with Gasteiger partial charge in [-0.15, -0.1) is 0 Å². The first-order chi connectivity index (χ1) is 8.86. The first-order valence-corrected chi connectivity index (χ1v) is 6.49. The van der Waals surface area contributed by atoms with E-state index in [1.165, 1.54) is 4.90 Å². The molecular formula is C13H21N3O3. The average Bonchev–Trinajstić information content (AvgIpc) is 2.83. The Morgan fingerprint density at radius 3 is 2.63 bits per heavy atom. The number of carbonyl (C=O) groups excluding carboxylic acids is 1. The van der Waals surface area contributed by atoms with Gasteiger partial charge in [0.1, 0.15) is 0 Å². The van der Waals surface area contributed by atoms with E-state index in [0.29, 0.717) is 25.9 Å².